The summed E-state index contributed by atoms with van der Waals surface area (Å²) in [4.78, 5) is 2.52. The van der Waals surface area contributed by atoms with Gasteiger partial charge in [0.05, 0.1) is 0 Å². The Hall–Kier alpha value is -2.40. The van der Waals surface area contributed by atoms with Gasteiger partial charge in [-0.05, 0) is 60.7 Å². The maximum Gasteiger partial charge on any atom is 0.238 e. The molecule has 0 fully saturated rings. The quantitative estimate of drug-likeness (QED) is 0.834. The maximum atomic E-state index is 5.68. The van der Waals surface area contributed by atoms with Crippen LogP contribution in [0.2, 0.25) is 0 Å². The SMILES string of the molecule is CC1Oc2ccc(CC[C@@H](C)N3Cc4cc5c(cc4C3)OCO5)cc2O1. The molecule has 2 aromatic carbocycles. The van der Waals surface area contributed by atoms with Gasteiger partial charge in [0.25, 0.3) is 0 Å². The fourth-order valence-electron chi connectivity index (χ4n) is 3.96. The predicted molar refractivity (Wildman–Crippen MR) is 96.8 cm³/mol. The molecule has 5 nitrogen and oxygen atoms in total. The molecular formula is C21H23NO4. The Bertz CT molecular complexity index is 817. The molecule has 5 rings (SSSR count). The largest absolute Gasteiger partial charge is 0.454 e. The van der Waals surface area contributed by atoms with Crippen molar-refractivity contribution in [3.63, 3.8) is 0 Å². The minimum Gasteiger partial charge on any atom is -0.454 e. The Balaban J connectivity index is 1.22. The van der Waals surface area contributed by atoms with E-state index >= 15 is 0 Å². The fraction of sp³-hybridized carbons (Fsp3) is 0.429. The van der Waals surface area contributed by atoms with Crippen molar-refractivity contribution < 1.29 is 18.9 Å². The molecule has 0 saturated carbocycles. The van der Waals surface area contributed by atoms with E-state index in [4.69, 9.17) is 18.9 Å². The van der Waals surface area contributed by atoms with Crippen molar-refractivity contribution in [2.45, 2.75) is 52.1 Å². The molecule has 0 aliphatic carbocycles. The van der Waals surface area contributed by atoms with Crippen LogP contribution >= 0.6 is 0 Å². The van der Waals surface area contributed by atoms with Crippen LogP contribution < -0.4 is 18.9 Å². The average Bonchev–Trinajstić information content (AvgIpc) is 3.33. The van der Waals surface area contributed by atoms with E-state index in [0.29, 0.717) is 12.8 Å². The molecule has 0 aromatic heterocycles. The van der Waals surface area contributed by atoms with Gasteiger partial charge in [0.1, 0.15) is 0 Å². The monoisotopic (exact) mass is 353 g/mol. The zero-order chi connectivity index (χ0) is 17.7. The Morgan fingerprint density at radius 3 is 2.38 bits per heavy atom. The van der Waals surface area contributed by atoms with Crippen LogP contribution in [0.1, 0.15) is 37.0 Å². The standard InChI is InChI=1S/C21H23NO4/c1-13(3-4-15-5-6-18-21(7-15)26-14(2)25-18)22-10-16-8-19-20(24-12-23-19)9-17(16)11-22/h5-9,13-14H,3-4,10-12H2,1-2H3/t13-,14?/m1/s1. The van der Waals surface area contributed by atoms with Gasteiger partial charge in [-0.1, -0.05) is 6.07 Å². The van der Waals surface area contributed by atoms with Crippen LogP contribution in [-0.4, -0.2) is 24.0 Å². The summed E-state index contributed by atoms with van der Waals surface area (Å²) in [5, 5.41) is 0. The summed E-state index contributed by atoms with van der Waals surface area (Å²) in [6.45, 7) is 6.52. The fourth-order valence-corrected chi connectivity index (χ4v) is 3.96. The van der Waals surface area contributed by atoms with E-state index in [0.717, 1.165) is 48.9 Å². The molecule has 0 spiro atoms. The highest BCUT2D eigenvalue weighted by Gasteiger charge is 2.27. The molecule has 3 aliphatic heterocycles. The summed E-state index contributed by atoms with van der Waals surface area (Å²) in [7, 11) is 0. The highest BCUT2D eigenvalue weighted by atomic mass is 16.7. The van der Waals surface area contributed by atoms with Crippen molar-refractivity contribution in [2.75, 3.05) is 6.79 Å². The van der Waals surface area contributed by atoms with Gasteiger partial charge in [0.15, 0.2) is 23.0 Å². The van der Waals surface area contributed by atoms with Crippen molar-refractivity contribution in [1.29, 1.82) is 0 Å². The molecule has 26 heavy (non-hydrogen) atoms. The molecule has 2 aromatic rings. The van der Waals surface area contributed by atoms with Crippen LogP contribution in [0.4, 0.5) is 0 Å². The van der Waals surface area contributed by atoms with Gasteiger partial charge >= 0.3 is 0 Å². The number of aryl methyl sites for hydroxylation is 1. The molecule has 3 aliphatic rings. The van der Waals surface area contributed by atoms with Gasteiger partial charge in [-0.2, -0.15) is 0 Å². The molecule has 0 radical (unpaired) electrons. The molecule has 5 heteroatoms. The maximum absolute atomic E-state index is 5.68. The molecule has 2 atom stereocenters. The molecular weight excluding hydrogens is 330 g/mol. The highest BCUT2D eigenvalue weighted by Crippen LogP contribution is 2.39. The van der Waals surface area contributed by atoms with Gasteiger partial charge in [-0.3, -0.25) is 4.90 Å². The number of fused-ring (bicyclic) bond motifs is 3. The molecule has 1 unspecified atom stereocenters. The molecule has 3 heterocycles. The lowest BCUT2D eigenvalue weighted by Crippen LogP contribution is -2.28. The summed E-state index contributed by atoms with van der Waals surface area (Å²) >= 11 is 0. The lowest BCUT2D eigenvalue weighted by atomic mass is 10.0. The van der Waals surface area contributed by atoms with Crippen LogP contribution in [0.15, 0.2) is 30.3 Å². The first-order chi connectivity index (χ1) is 12.7. The van der Waals surface area contributed by atoms with Crippen molar-refractivity contribution in [2.24, 2.45) is 0 Å². The number of ether oxygens (including phenoxy) is 4. The van der Waals surface area contributed by atoms with E-state index in [1.54, 1.807) is 0 Å². The molecule has 0 bridgehead atoms. The van der Waals surface area contributed by atoms with Gasteiger partial charge < -0.3 is 18.9 Å². The number of hydrogen-bond acceptors (Lipinski definition) is 5. The van der Waals surface area contributed by atoms with Crippen LogP contribution in [-0.2, 0) is 19.5 Å². The first-order valence-electron chi connectivity index (χ1n) is 9.27. The van der Waals surface area contributed by atoms with Crippen LogP contribution in [0.3, 0.4) is 0 Å². The van der Waals surface area contributed by atoms with Gasteiger partial charge in [-0.25, -0.2) is 0 Å². The molecule has 0 saturated heterocycles. The topological polar surface area (TPSA) is 40.2 Å². The first kappa shape index (κ1) is 15.8. The second kappa shape index (κ2) is 6.09. The van der Waals surface area contributed by atoms with Crippen LogP contribution in [0.25, 0.3) is 0 Å². The van der Waals surface area contributed by atoms with E-state index in [1.165, 1.54) is 16.7 Å². The van der Waals surface area contributed by atoms with E-state index in [1.807, 2.05) is 13.0 Å². The van der Waals surface area contributed by atoms with E-state index < -0.39 is 0 Å². The Morgan fingerprint density at radius 2 is 1.65 bits per heavy atom. The Labute approximate surface area is 153 Å². The smallest absolute Gasteiger partial charge is 0.238 e. The van der Waals surface area contributed by atoms with Crippen molar-refractivity contribution in [3.8, 4) is 23.0 Å². The third kappa shape index (κ3) is 2.76. The third-order valence-electron chi connectivity index (χ3n) is 5.51. The minimum atomic E-state index is -0.183. The molecule has 0 N–H and O–H groups in total. The Kier molecular flexibility index (Phi) is 3.71. The van der Waals surface area contributed by atoms with Gasteiger partial charge in [0.2, 0.25) is 13.1 Å². The number of rotatable bonds is 4. The third-order valence-corrected chi connectivity index (χ3v) is 5.51. The summed E-state index contributed by atoms with van der Waals surface area (Å²) in [5.74, 6) is 3.48. The average molecular weight is 353 g/mol. The lowest BCUT2D eigenvalue weighted by Gasteiger charge is -2.23. The van der Waals surface area contributed by atoms with Crippen LogP contribution in [0.5, 0.6) is 23.0 Å². The molecule has 136 valence electrons. The Morgan fingerprint density at radius 1 is 0.962 bits per heavy atom. The van der Waals surface area contributed by atoms with E-state index in [2.05, 4.69) is 36.1 Å². The number of hydrogen-bond donors (Lipinski definition) is 0. The first-order valence-corrected chi connectivity index (χ1v) is 9.27. The zero-order valence-corrected chi connectivity index (χ0v) is 15.2. The second-order valence-electron chi connectivity index (χ2n) is 7.35. The summed E-state index contributed by atoms with van der Waals surface area (Å²) < 4.78 is 22.3. The zero-order valence-electron chi connectivity index (χ0n) is 15.2. The molecule has 0 amide bonds. The summed E-state index contributed by atoms with van der Waals surface area (Å²) in [6.07, 6.45) is 1.95. The second-order valence-corrected chi connectivity index (χ2v) is 7.35. The lowest BCUT2D eigenvalue weighted by molar-refractivity contribution is 0.0678. The van der Waals surface area contributed by atoms with Gasteiger partial charge in [-0.15, -0.1) is 0 Å². The number of benzene rings is 2. The minimum absolute atomic E-state index is 0.183. The van der Waals surface area contributed by atoms with Crippen molar-refractivity contribution in [1.82, 2.24) is 4.90 Å². The van der Waals surface area contributed by atoms with Crippen LogP contribution in [0, 0.1) is 0 Å². The van der Waals surface area contributed by atoms with E-state index in [-0.39, 0.29) is 6.29 Å². The van der Waals surface area contributed by atoms with Crippen molar-refractivity contribution >= 4 is 0 Å². The summed E-state index contributed by atoms with van der Waals surface area (Å²) in [6, 6.07) is 11.1. The van der Waals surface area contributed by atoms with Gasteiger partial charge in [0, 0.05) is 26.1 Å². The normalized spacial score (nSPS) is 21.1. The predicted octanol–water partition coefficient (Wildman–Crippen LogP) is 3.87. The number of nitrogens with zero attached hydrogens (tertiary/aromatic N) is 1. The summed E-state index contributed by atoms with van der Waals surface area (Å²) in [5.41, 5.74) is 4.02. The highest BCUT2D eigenvalue weighted by molar-refractivity contribution is 5.50. The van der Waals surface area contributed by atoms with Crippen molar-refractivity contribution in [3.05, 3.63) is 47.0 Å². The van der Waals surface area contributed by atoms with E-state index in [9.17, 15) is 0 Å².